The minimum absolute atomic E-state index is 0.00309. The van der Waals surface area contributed by atoms with E-state index in [9.17, 15) is 13.2 Å². The molecule has 2 fully saturated rings. The van der Waals surface area contributed by atoms with Crippen LogP contribution in [0.4, 0.5) is 0 Å². The van der Waals surface area contributed by atoms with Gasteiger partial charge in [0.1, 0.15) is 5.15 Å². The Kier molecular flexibility index (Phi) is 3.43. The van der Waals surface area contributed by atoms with Crippen LogP contribution in [0.2, 0.25) is 5.15 Å². The van der Waals surface area contributed by atoms with Crippen LogP contribution in [0.1, 0.15) is 12.8 Å². The van der Waals surface area contributed by atoms with Crippen molar-refractivity contribution in [3.05, 3.63) is 23.5 Å². The van der Waals surface area contributed by atoms with Gasteiger partial charge in [-0.15, -0.1) is 0 Å². The second-order valence-electron chi connectivity index (χ2n) is 4.96. The molecule has 1 aromatic heterocycles. The van der Waals surface area contributed by atoms with Gasteiger partial charge in [-0.2, -0.15) is 4.31 Å². The second-order valence-corrected chi connectivity index (χ2v) is 7.28. The molecule has 3 heterocycles. The molecule has 0 saturated carbocycles. The van der Waals surface area contributed by atoms with Gasteiger partial charge in [0.2, 0.25) is 15.9 Å². The van der Waals surface area contributed by atoms with Gasteiger partial charge < -0.3 is 4.90 Å². The van der Waals surface area contributed by atoms with Crippen molar-refractivity contribution in [3.63, 3.8) is 0 Å². The van der Waals surface area contributed by atoms with Gasteiger partial charge in [-0.1, -0.05) is 11.6 Å². The summed E-state index contributed by atoms with van der Waals surface area (Å²) in [6.07, 6.45) is 2.62. The lowest BCUT2D eigenvalue weighted by Crippen LogP contribution is -2.53. The van der Waals surface area contributed by atoms with Crippen LogP contribution in [0.25, 0.3) is 0 Å². The Labute approximate surface area is 122 Å². The van der Waals surface area contributed by atoms with Gasteiger partial charge in [0, 0.05) is 38.3 Å². The standard InChI is InChI=1S/C12H14ClN3O3S/c13-11-7-10(3-4-14-11)20(18,19)15-5-6-16-9(8-15)1-2-12(16)17/h3-4,7,9H,1-2,5-6,8H2. The summed E-state index contributed by atoms with van der Waals surface area (Å²) >= 11 is 5.75. The smallest absolute Gasteiger partial charge is 0.243 e. The zero-order valence-electron chi connectivity index (χ0n) is 10.7. The zero-order valence-corrected chi connectivity index (χ0v) is 12.3. The number of aromatic nitrogens is 1. The molecule has 2 aliphatic heterocycles. The highest BCUT2D eigenvalue weighted by atomic mass is 35.5. The van der Waals surface area contributed by atoms with Crippen LogP contribution in [0.15, 0.2) is 23.2 Å². The molecular weight excluding hydrogens is 302 g/mol. The lowest BCUT2D eigenvalue weighted by molar-refractivity contribution is -0.130. The number of hydrogen-bond acceptors (Lipinski definition) is 4. The third kappa shape index (κ3) is 2.30. The predicted molar refractivity (Wildman–Crippen MR) is 72.7 cm³/mol. The van der Waals surface area contributed by atoms with Crippen molar-refractivity contribution in [2.75, 3.05) is 19.6 Å². The SMILES string of the molecule is O=C1CCC2CN(S(=O)(=O)c3ccnc(Cl)c3)CCN12. The number of amides is 1. The van der Waals surface area contributed by atoms with Gasteiger partial charge >= 0.3 is 0 Å². The van der Waals surface area contributed by atoms with E-state index in [0.717, 1.165) is 6.42 Å². The topological polar surface area (TPSA) is 70.6 Å². The van der Waals surface area contributed by atoms with Gasteiger partial charge in [-0.3, -0.25) is 4.79 Å². The van der Waals surface area contributed by atoms with E-state index in [1.165, 1.54) is 22.6 Å². The van der Waals surface area contributed by atoms with Crippen molar-refractivity contribution in [1.82, 2.24) is 14.2 Å². The number of rotatable bonds is 2. The van der Waals surface area contributed by atoms with Gasteiger partial charge in [-0.05, 0) is 18.6 Å². The van der Waals surface area contributed by atoms with Gasteiger partial charge in [0.05, 0.1) is 4.90 Å². The first-order chi connectivity index (χ1) is 9.48. The number of piperazine rings is 1. The summed E-state index contributed by atoms with van der Waals surface area (Å²) in [6.45, 7) is 1.14. The zero-order chi connectivity index (χ0) is 14.3. The average Bonchev–Trinajstić information content (AvgIpc) is 2.80. The monoisotopic (exact) mass is 315 g/mol. The van der Waals surface area contributed by atoms with E-state index in [2.05, 4.69) is 4.98 Å². The molecule has 20 heavy (non-hydrogen) atoms. The molecule has 1 unspecified atom stereocenters. The fourth-order valence-corrected chi connectivity index (χ4v) is 4.47. The number of hydrogen-bond donors (Lipinski definition) is 0. The highest BCUT2D eigenvalue weighted by Gasteiger charge is 2.39. The predicted octanol–water partition coefficient (Wildman–Crippen LogP) is 0.730. The molecule has 108 valence electrons. The Balaban J connectivity index is 1.84. The Bertz CT molecular complexity index is 649. The molecule has 1 atom stereocenters. The molecule has 1 aromatic rings. The third-order valence-electron chi connectivity index (χ3n) is 3.79. The molecule has 0 bridgehead atoms. The van der Waals surface area contributed by atoms with Crippen molar-refractivity contribution >= 4 is 27.5 Å². The maximum Gasteiger partial charge on any atom is 0.243 e. The van der Waals surface area contributed by atoms with Crippen LogP contribution in [0.3, 0.4) is 0 Å². The molecule has 2 saturated heterocycles. The highest BCUT2D eigenvalue weighted by Crippen LogP contribution is 2.27. The van der Waals surface area contributed by atoms with Gasteiger partial charge in [0.15, 0.2) is 0 Å². The molecule has 0 N–H and O–H groups in total. The van der Waals surface area contributed by atoms with E-state index in [-0.39, 0.29) is 22.0 Å². The van der Waals surface area contributed by atoms with Crippen LogP contribution in [-0.2, 0) is 14.8 Å². The number of nitrogens with zero attached hydrogens (tertiary/aromatic N) is 3. The van der Waals surface area contributed by atoms with Gasteiger partial charge in [0.25, 0.3) is 0 Å². The summed E-state index contributed by atoms with van der Waals surface area (Å²) < 4.78 is 26.5. The molecule has 0 aromatic carbocycles. The average molecular weight is 316 g/mol. The Morgan fingerprint density at radius 2 is 2.15 bits per heavy atom. The van der Waals surface area contributed by atoms with E-state index in [1.807, 2.05) is 0 Å². The molecule has 0 radical (unpaired) electrons. The maximum atomic E-state index is 12.5. The Hall–Kier alpha value is -1.18. The number of pyridine rings is 1. The first-order valence-corrected chi connectivity index (χ1v) is 8.21. The van der Waals surface area contributed by atoms with Crippen molar-refractivity contribution in [2.45, 2.75) is 23.8 Å². The van der Waals surface area contributed by atoms with E-state index in [1.54, 1.807) is 4.90 Å². The summed E-state index contributed by atoms with van der Waals surface area (Å²) in [5.74, 6) is 0.124. The molecule has 0 spiro atoms. The quantitative estimate of drug-likeness (QED) is 0.754. The molecule has 3 rings (SSSR count). The summed E-state index contributed by atoms with van der Waals surface area (Å²) in [5.41, 5.74) is 0. The Morgan fingerprint density at radius 1 is 1.35 bits per heavy atom. The van der Waals surface area contributed by atoms with Crippen molar-refractivity contribution < 1.29 is 13.2 Å². The highest BCUT2D eigenvalue weighted by molar-refractivity contribution is 7.89. The summed E-state index contributed by atoms with van der Waals surface area (Å²) in [6, 6.07) is 2.79. The molecule has 2 aliphatic rings. The maximum absolute atomic E-state index is 12.5. The van der Waals surface area contributed by atoms with Crippen LogP contribution in [0, 0.1) is 0 Å². The van der Waals surface area contributed by atoms with E-state index in [0.29, 0.717) is 26.1 Å². The first-order valence-electron chi connectivity index (χ1n) is 6.39. The third-order valence-corrected chi connectivity index (χ3v) is 5.86. The minimum Gasteiger partial charge on any atom is -0.337 e. The lowest BCUT2D eigenvalue weighted by atomic mass is 10.2. The van der Waals surface area contributed by atoms with Crippen molar-refractivity contribution in [2.24, 2.45) is 0 Å². The number of fused-ring (bicyclic) bond motifs is 1. The van der Waals surface area contributed by atoms with Crippen LogP contribution >= 0.6 is 11.6 Å². The summed E-state index contributed by atoms with van der Waals surface area (Å²) in [4.78, 5) is 17.3. The largest absolute Gasteiger partial charge is 0.337 e. The first kappa shape index (κ1) is 13.8. The number of carbonyl (C=O) groups excluding carboxylic acids is 1. The normalized spacial score (nSPS) is 23.9. The van der Waals surface area contributed by atoms with Crippen molar-refractivity contribution in [1.29, 1.82) is 0 Å². The van der Waals surface area contributed by atoms with E-state index in [4.69, 9.17) is 11.6 Å². The summed E-state index contributed by atoms with van der Waals surface area (Å²) in [7, 11) is -3.57. The summed E-state index contributed by atoms with van der Waals surface area (Å²) in [5, 5.41) is 0.153. The van der Waals surface area contributed by atoms with E-state index >= 15 is 0 Å². The van der Waals surface area contributed by atoms with Crippen LogP contribution in [-0.4, -0.2) is 54.2 Å². The van der Waals surface area contributed by atoms with Crippen LogP contribution < -0.4 is 0 Å². The fraction of sp³-hybridized carbons (Fsp3) is 0.500. The molecule has 8 heteroatoms. The van der Waals surface area contributed by atoms with Crippen molar-refractivity contribution in [3.8, 4) is 0 Å². The number of halogens is 1. The number of sulfonamides is 1. The Morgan fingerprint density at radius 3 is 2.90 bits per heavy atom. The fourth-order valence-electron chi connectivity index (χ4n) is 2.75. The molecule has 6 nitrogen and oxygen atoms in total. The van der Waals surface area contributed by atoms with Crippen LogP contribution in [0.5, 0.6) is 0 Å². The van der Waals surface area contributed by atoms with Gasteiger partial charge in [-0.25, -0.2) is 13.4 Å². The molecule has 0 aliphatic carbocycles. The molecule has 1 amide bonds. The number of carbonyl (C=O) groups is 1. The van der Waals surface area contributed by atoms with E-state index < -0.39 is 10.0 Å². The second kappa shape index (κ2) is 4.98. The lowest BCUT2D eigenvalue weighted by Gasteiger charge is -2.36. The minimum atomic E-state index is -3.57. The molecular formula is C12H14ClN3O3S.